The van der Waals surface area contributed by atoms with Crippen LogP contribution >= 0.6 is 0 Å². The minimum Gasteiger partial charge on any atom is -0.396 e. The molecule has 0 saturated heterocycles. The molecule has 1 aliphatic rings. The van der Waals surface area contributed by atoms with Gasteiger partial charge in [0.2, 0.25) is 0 Å². The molecule has 1 N–H and O–H groups in total. The first-order valence-electron chi connectivity index (χ1n) is 8.25. The lowest BCUT2D eigenvalue weighted by atomic mass is 10.0. The molecular formula is C20H23NO2. The van der Waals surface area contributed by atoms with E-state index in [1.54, 1.807) is 4.90 Å². The van der Waals surface area contributed by atoms with Crippen molar-refractivity contribution in [2.75, 3.05) is 13.7 Å². The van der Waals surface area contributed by atoms with Crippen LogP contribution in [0.4, 0.5) is 0 Å². The maximum atomic E-state index is 12.9. The molecule has 0 spiro atoms. The number of aliphatic hydroxyl groups is 1. The average molecular weight is 309 g/mol. The van der Waals surface area contributed by atoms with Crippen LogP contribution < -0.4 is 0 Å². The number of hydrogen-bond acceptors (Lipinski definition) is 2. The van der Waals surface area contributed by atoms with Crippen molar-refractivity contribution in [2.45, 2.75) is 31.7 Å². The number of rotatable bonds is 5. The van der Waals surface area contributed by atoms with Gasteiger partial charge in [0.1, 0.15) is 0 Å². The van der Waals surface area contributed by atoms with Gasteiger partial charge in [-0.25, -0.2) is 0 Å². The summed E-state index contributed by atoms with van der Waals surface area (Å²) in [5.74, 6) is 0.0157. The number of hydrogen-bond donors (Lipinski definition) is 1. The van der Waals surface area contributed by atoms with Gasteiger partial charge in [0, 0.05) is 19.2 Å². The summed E-state index contributed by atoms with van der Waals surface area (Å²) in [5, 5.41) is 9.39. The van der Waals surface area contributed by atoms with Gasteiger partial charge in [-0.3, -0.25) is 4.79 Å². The lowest BCUT2D eigenvalue weighted by molar-refractivity contribution is 0.0705. The Labute approximate surface area is 137 Å². The fraction of sp³-hybridized carbons (Fsp3) is 0.350. The molecule has 1 unspecified atom stereocenters. The minimum absolute atomic E-state index is 0.0157. The third-order valence-electron chi connectivity index (χ3n) is 4.72. The maximum Gasteiger partial charge on any atom is 0.254 e. The van der Waals surface area contributed by atoms with Crippen molar-refractivity contribution in [2.24, 2.45) is 0 Å². The van der Waals surface area contributed by atoms with Crippen molar-refractivity contribution >= 4 is 5.91 Å². The van der Waals surface area contributed by atoms with Crippen molar-refractivity contribution in [3.8, 4) is 0 Å². The third kappa shape index (κ3) is 3.30. The summed E-state index contributed by atoms with van der Waals surface area (Å²) < 4.78 is 0. The van der Waals surface area contributed by atoms with Crippen molar-refractivity contribution in [3.05, 3.63) is 70.8 Å². The van der Waals surface area contributed by atoms with Crippen LogP contribution in [0, 0.1) is 0 Å². The molecule has 0 fully saturated rings. The van der Waals surface area contributed by atoms with E-state index in [1.807, 2.05) is 49.5 Å². The number of carbonyl (C=O) groups is 1. The highest BCUT2D eigenvalue weighted by Crippen LogP contribution is 2.27. The van der Waals surface area contributed by atoms with Gasteiger partial charge in [-0.1, -0.05) is 36.4 Å². The molecule has 3 heteroatoms. The smallest absolute Gasteiger partial charge is 0.254 e. The molecule has 0 saturated carbocycles. The van der Waals surface area contributed by atoms with E-state index in [1.165, 1.54) is 17.5 Å². The Hall–Kier alpha value is -2.13. The third-order valence-corrected chi connectivity index (χ3v) is 4.72. The molecule has 0 aromatic heterocycles. The number of fused-ring (bicyclic) bond motifs is 1. The van der Waals surface area contributed by atoms with Crippen LogP contribution in [0.15, 0.2) is 48.5 Å². The van der Waals surface area contributed by atoms with Gasteiger partial charge >= 0.3 is 0 Å². The molecule has 3 rings (SSSR count). The van der Waals surface area contributed by atoms with Crippen LogP contribution in [0.2, 0.25) is 0 Å². The molecule has 0 bridgehead atoms. The quantitative estimate of drug-likeness (QED) is 0.920. The summed E-state index contributed by atoms with van der Waals surface area (Å²) in [6, 6.07) is 15.9. The largest absolute Gasteiger partial charge is 0.396 e. The van der Waals surface area contributed by atoms with E-state index in [0.717, 1.165) is 24.0 Å². The van der Waals surface area contributed by atoms with E-state index >= 15 is 0 Å². The maximum absolute atomic E-state index is 12.9. The summed E-state index contributed by atoms with van der Waals surface area (Å²) in [4.78, 5) is 14.6. The molecule has 120 valence electrons. The molecule has 1 aliphatic carbocycles. The Morgan fingerprint density at radius 3 is 2.61 bits per heavy atom. The topological polar surface area (TPSA) is 40.5 Å². The Morgan fingerprint density at radius 2 is 1.87 bits per heavy atom. The zero-order valence-corrected chi connectivity index (χ0v) is 13.5. The number of benzene rings is 2. The standard InChI is InChI=1S/C20H23NO2/c1-21(19(12-13-22)16-6-3-2-4-7-16)20(23)18-11-10-15-8-5-9-17(15)14-18/h2-4,6-7,10-11,14,19,22H,5,8-9,12-13H2,1H3. The Bertz CT molecular complexity index is 681. The molecule has 2 aromatic rings. The normalized spacial score (nSPS) is 14.3. The highest BCUT2D eigenvalue weighted by molar-refractivity contribution is 5.94. The second-order valence-electron chi connectivity index (χ2n) is 6.19. The van der Waals surface area contributed by atoms with E-state index in [-0.39, 0.29) is 18.6 Å². The van der Waals surface area contributed by atoms with Gasteiger partial charge in [-0.2, -0.15) is 0 Å². The van der Waals surface area contributed by atoms with Gasteiger partial charge in [0.15, 0.2) is 0 Å². The van der Waals surface area contributed by atoms with E-state index in [4.69, 9.17) is 0 Å². The number of carbonyl (C=O) groups excluding carboxylic acids is 1. The minimum atomic E-state index is -0.109. The van der Waals surface area contributed by atoms with E-state index in [2.05, 4.69) is 6.07 Å². The van der Waals surface area contributed by atoms with Gasteiger partial charge in [-0.05, 0) is 54.5 Å². The molecule has 0 aliphatic heterocycles. The van der Waals surface area contributed by atoms with Crippen molar-refractivity contribution < 1.29 is 9.90 Å². The Morgan fingerprint density at radius 1 is 1.13 bits per heavy atom. The van der Waals surface area contributed by atoms with Gasteiger partial charge < -0.3 is 10.0 Å². The molecular weight excluding hydrogens is 286 g/mol. The van der Waals surface area contributed by atoms with Crippen molar-refractivity contribution in [1.82, 2.24) is 4.90 Å². The summed E-state index contributed by atoms with van der Waals surface area (Å²) >= 11 is 0. The first-order valence-corrected chi connectivity index (χ1v) is 8.25. The number of aryl methyl sites for hydroxylation is 2. The van der Waals surface area contributed by atoms with Crippen LogP contribution in [0.3, 0.4) is 0 Å². The number of nitrogens with zero attached hydrogens (tertiary/aromatic N) is 1. The first kappa shape index (κ1) is 15.8. The Kier molecular flexibility index (Phi) is 4.77. The molecule has 1 atom stereocenters. The van der Waals surface area contributed by atoms with Crippen LogP contribution in [0.5, 0.6) is 0 Å². The van der Waals surface area contributed by atoms with E-state index < -0.39 is 0 Å². The highest BCUT2D eigenvalue weighted by Gasteiger charge is 2.23. The zero-order chi connectivity index (χ0) is 16.2. The first-order chi connectivity index (χ1) is 11.2. The number of amides is 1. The second kappa shape index (κ2) is 6.97. The molecule has 0 heterocycles. The van der Waals surface area contributed by atoms with Crippen LogP contribution in [-0.4, -0.2) is 29.6 Å². The van der Waals surface area contributed by atoms with Gasteiger partial charge in [0.05, 0.1) is 6.04 Å². The monoisotopic (exact) mass is 309 g/mol. The second-order valence-corrected chi connectivity index (χ2v) is 6.19. The fourth-order valence-electron chi connectivity index (χ4n) is 3.43. The van der Waals surface area contributed by atoms with Gasteiger partial charge in [-0.15, -0.1) is 0 Å². The summed E-state index contributed by atoms with van der Waals surface area (Å²) in [6.07, 6.45) is 3.91. The average Bonchev–Trinajstić information content (AvgIpc) is 3.07. The van der Waals surface area contributed by atoms with Gasteiger partial charge in [0.25, 0.3) is 5.91 Å². The molecule has 3 nitrogen and oxygen atoms in total. The lowest BCUT2D eigenvalue weighted by Gasteiger charge is -2.28. The molecule has 1 amide bonds. The summed E-state index contributed by atoms with van der Waals surface area (Å²) in [6.45, 7) is 0.0569. The van der Waals surface area contributed by atoms with Crippen molar-refractivity contribution in [3.63, 3.8) is 0 Å². The number of aliphatic hydroxyl groups excluding tert-OH is 1. The van der Waals surface area contributed by atoms with Crippen LogP contribution in [-0.2, 0) is 12.8 Å². The Balaban J connectivity index is 1.85. The predicted molar refractivity (Wildman–Crippen MR) is 91.4 cm³/mol. The lowest BCUT2D eigenvalue weighted by Crippen LogP contribution is -2.32. The summed E-state index contributed by atoms with van der Waals surface area (Å²) in [7, 11) is 1.82. The van der Waals surface area contributed by atoms with E-state index in [0.29, 0.717) is 6.42 Å². The summed E-state index contributed by atoms with van der Waals surface area (Å²) in [5.41, 5.74) is 4.48. The fourth-order valence-corrected chi connectivity index (χ4v) is 3.43. The highest BCUT2D eigenvalue weighted by atomic mass is 16.3. The SMILES string of the molecule is CN(C(=O)c1ccc2c(c1)CCC2)C(CCO)c1ccccc1. The molecule has 2 aromatic carbocycles. The van der Waals surface area contributed by atoms with E-state index in [9.17, 15) is 9.90 Å². The van der Waals surface area contributed by atoms with Crippen LogP contribution in [0.25, 0.3) is 0 Å². The predicted octanol–water partition coefficient (Wildman–Crippen LogP) is 3.37. The molecule has 0 radical (unpaired) electrons. The molecule has 23 heavy (non-hydrogen) atoms. The zero-order valence-electron chi connectivity index (χ0n) is 13.5. The van der Waals surface area contributed by atoms with Crippen LogP contribution in [0.1, 0.15) is 45.9 Å². The van der Waals surface area contributed by atoms with Crippen molar-refractivity contribution in [1.29, 1.82) is 0 Å².